The van der Waals surface area contributed by atoms with Crippen LogP contribution in [-0.2, 0) is 6.42 Å². The number of urea groups is 1. The average Bonchev–Trinajstić information content (AvgIpc) is 2.66. The lowest BCUT2D eigenvalue weighted by Gasteiger charge is -2.40. The number of benzene rings is 2. The van der Waals surface area contributed by atoms with E-state index in [1.165, 1.54) is 11.1 Å². The van der Waals surface area contributed by atoms with E-state index in [-0.39, 0.29) is 11.6 Å². The third-order valence-electron chi connectivity index (χ3n) is 4.98. The molecule has 1 N–H and O–H groups in total. The maximum atomic E-state index is 12.4. The van der Waals surface area contributed by atoms with Crippen molar-refractivity contribution in [3.05, 3.63) is 71.8 Å². The topological polar surface area (TPSA) is 35.6 Å². The highest BCUT2D eigenvalue weighted by molar-refractivity contribution is 5.75. The molecule has 0 radical (unpaired) electrons. The van der Waals surface area contributed by atoms with Crippen LogP contribution in [0.3, 0.4) is 0 Å². The summed E-state index contributed by atoms with van der Waals surface area (Å²) >= 11 is 0. The van der Waals surface area contributed by atoms with E-state index in [0.29, 0.717) is 6.04 Å². The summed E-state index contributed by atoms with van der Waals surface area (Å²) < 4.78 is 0. The lowest BCUT2D eigenvalue weighted by atomic mass is 9.96. The van der Waals surface area contributed by atoms with Gasteiger partial charge < -0.3 is 10.2 Å². The first kappa shape index (κ1) is 19.4. The van der Waals surface area contributed by atoms with Gasteiger partial charge in [-0.1, -0.05) is 60.7 Å². The number of nitrogens with zero attached hydrogens (tertiary/aromatic N) is 2. The number of amides is 2. The summed E-state index contributed by atoms with van der Waals surface area (Å²) in [6, 6.07) is 21.8. The van der Waals surface area contributed by atoms with Crippen molar-refractivity contribution < 1.29 is 4.79 Å². The molecule has 0 aromatic heterocycles. The number of hydrogen-bond acceptors (Lipinski definition) is 2. The van der Waals surface area contributed by atoms with Crippen LogP contribution in [0, 0.1) is 0 Å². The van der Waals surface area contributed by atoms with Crippen molar-refractivity contribution in [1.29, 1.82) is 0 Å². The molecule has 1 atom stereocenters. The standard InChI is InChI=1S/C23H31N3O/c1-23(2,3)24-22(27)26-16-14-25(15-17-26)21(20-12-8-5-9-13-20)18-19-10-6-4-7-11-19/h4-13,21H,14-18H2,1-3H3,(H,24,27)/t21-/m0/s1. The van der Waals surface area contributed by atoms with Crippen LogP contribution in [0.15, 0.2) is 60.7 Å². The van der Waals surface area contributed by atoms with Gasteiger partial charge in [-0.3, -0.25) is 4.90 Å². The first-order chi connectivity index (χ1) is 12.9. The van der Waals surface area contributed by atoms with Gasteiger partial charge in [0.1, 0.15) is 0 Å². The molecule has 4 nitrogen and oxygen atoms in total. The average molecular weight is 366 g/mol. The van der Waals surface area contributed by atoms with Crippen molar-refractivity contribution >= 4 is 6.03 Å². The summed E-state index contributed by atoms with van der Waals surface area (Å²) in [6.45, 7) is 9.37. The van der Waals surface area contributed by atoms with E-state index in [9.17, 15) is 4.79 Å². The van der Waals surface area contributed by atoms with Gasteiger partial charge in [0, 0.05) is 37.8 Å². The SMILES string of the molecule is CC(C)(C)NC(=O)N1CCN([C@@H](Cc2ccccc2)c2ccccc2)CC1. The molecule has 0 saturated carbocycles. The fraction of sp³-hybridized carbons (Fsp3) is 0.435. The molecule has 1 aliphatic heterocycles. The highest BCUT2D eigenvalue weighted by Gasteiger charge is 2.28. The van der Waals surface area contributed by atoms with Gasteiger partial charge in [-0.2, -0.15) is 0 Å². The Morgan fingerprint density at radius 3 is 2.04 bits per heavy atom. The normalized spacial score (nSPS) is 16.8. The number of rotatable bonds is 4. The molecule has 1 fully saturated rings. The van der Waals surface area contributed by atoms with Crippen molar-refractivity contribution in [2.45, 2.75) is 38.8 Å². The number of piperazine rings is 1. The third-order valence-corrected chi connectivity index (χ3v) is 4.98. The predicted molar refractivity (Wildman–Crippen MR) is 111 cm³/mol. The van der Waals surface area contributed by atoms with Gasteiger partial charge in [0.2, 0.25) is 0 Å². The molecule has 3 rings (SSSR count). The first-order valence-corrected chi connectivity index (χ1v) is 9.82. The second kappa shape index (κ2) is 8.57. The van der Waals surface area contributed by atoms with Crippen molar-refractivity contribution in [1.82, 2.24) is 15.1 Å². The maximum Gasteiger partial charge on any atom is 0.317 e. The fourth-order valence-electron chi connectivity index (χ4n) is 3.61. The molecule has 2 aromatic carbocycles. The summed E-state index contributed by atoms with van der Waals surface area (Å²) in [4.78, 5) is 16.9. The van der Waals surface area contributed by atoms with Crippen molar-refractivity contribution in [3.63, 3.8) is 0 Å². The maximum absolute atomic E-state index is 12.4. The Bertz CT molecular complexity index is 716. The summed E-state index contributed by atoms with van der Waals surface area (Å²) in [6.07, 6.45) is 0.985. The third kappa shape index (κ3) is 5.57. The molecule has 0 spiro atoms. The fourth-order valence-corrected chi connectivity index (χ4v) is 3.61. The molecule has 0 bridgehead atoms. The number of carbonyl (C=O) groups excluding carboxylic acids is 1. The molecule has 2 aromatic rings. The van der Waals surface area contributed by atoms with Crippen LogP contribution in [0.1, 0.15) is 37.9 Å². The lowest BCUT2D eigenvalue weighted by molar-refractivity contribution is 0.104. The van der Waals surface area contributed by atoms with Crippen molar-refractivity contribution in [3.8, 4) is 0 Å². The van der Waals surface area contributed by atoms with Crippen LogP contribution >= 0.6 is 0 Å². The summed E-state index contributed by atoms with van der Waals surface area (Å²) in [7, 11) is 0. The minimum atomic E-state index is -0.200. The Kier molecular flexibility index (Phi) is 6.17. The second-order valence-electron chi connectivity index (χ2n) is 8.32. The minimum Gasteiger partial charge on any atom is -0.333 e. The van der Waals surface area contributed by atoms with Crippen molar-refractivity contribution in [2.75, 3.05) is 26.2 Å². The van der Waals surface area contributed by atoms with Gasteiger partial charge in [0.05, 0.1) is 0 Å². The Morgan fingerprint density at radius 2 is 1.48 bits per heavy atom. The van der Waals surface area contributed by atoms with Gasteiger partial charge >= 0.3 is 6.03 Å². The Morgan fingerprint density at radius 1 is 0.926 bits per heavy atom. The van der Waals surface area contributed by atoms with E-state index < -0.39 is 0 Å². The zero-order chi connectivity index (χ0) is 19.3. The molecule has 0 unspecified atom stereocenters. The van der Waals surface area contributed by atoms with Crippen LogP contribution < -0.4 is 5.32 Å². The number of nitrogens with one attached hydrogen (secondary N) is 1. The van der Waals surface area contributed by atoms with Gasteiger partial charge in [-0.25, -0.2) is 4.79 Å². The molecule has 1 aliphatic rings. The van der Waals surface area contributed by atoms with Crippen LogP contribution in [-0.4, -0.2) is 47.5 Å². The Hall–Kier alpha value is -2.33. The molecule has 27 heavy (non-hydrogen) atoms. The van der Waals surface area contributed by atoms with Gasteiger partial charge in [0.15, 0.2) is 0 Å². The Balaban J connectivity index is 1.68. The van der Waals surface area contributed by atoms with E-state index in [1.54, 1.807) is 0 Å². The largest absolute Gasteiger partial charge is 0.333 e. The minimum absolute atomic E-state index is 0.0430. The van der Waals surface area contributed by atoms with Gasteiger partial charge in [0.25, 0.3) is 0 Å². The first-order valence-electron chi connectivity index (χ1n) is 9.82. The quantitative estimate of drug-likeness (QED) is 0.885. The smallest absolute Gasteiger partial charge is 0.317 e. The van der Waals surface area contributed by atoms with Gasteiger partial charge in [-0.15, -0.1) is 0 Å². The van der Waals surface area contributed by atoms with Crippen LogP contribution in [0.5, 0.6) is 0 Å². The summed E-state index contributed by atoms with van der Waals surface area (Å²) in [5, 5.41) is 3.07. The van der Waals surface area contributed by atoms with E-state index in [0.717, 1.165) is 32.6 Å². The highest BCUT2D eigenvalue weighted by Crippen LogP contribution is 2.26. The highest BCUT2D eigenvalue weighted by atomic mass is 16.2. The monoisotopic (exact) mass is 365 g/mol. The molecular weight excluding hydrogens is 334 g/mol. The molecule has 1 heterocycles. The van der Waals surface area contributed by atoms with Gasteiger partial charge in [-0.05, 0) is 38.3 Å². The molecular formula is C23H31N3O. The molecule has 2 amide bonds. The summed E-state index contributed by atoms with van der Waals surface area (Å²) in [5.41, 5.74) is 2.49. The van der Waals surface area contributed by atoms with Crippen LogP contribution in [0.2, 0.25) is 0 Å². The van der Waals surface area contributed by atoms with E-state index >= 15 is 0 Å². The number of hydrogen-bond donors (Lipinski definition) is 1. The lowest BCUT2D eigenvalue weighted by Crippen LogP contribution is -2.55. The van der Waals surface area contributed by atoms with Crippen molar-refractivity contribution in [2.24, 2.45) is 0 Å². The van der Waals surface area contributed by atoms with E-state index in [1.807, 2.05) is 25.7 Å². The molecule has 1 saturated heterocycles. The van der Waals surface area contributed by atoms with Crippen LogP contribution in [0.4, 0.5) is 4.79 Å². The zero-order valence-corrected chi connectivity index (χ0v) is 16.7. The zero-order valence-electron chi connectivity index (χ0n) is 16.7. The molecule has 144 valence electrons. The predicted octanol–water partition coefficient (Wildman–Crippen LogP) is 4.10. The van der Waals surface area contributed by atoms with E-state index in [4.69, 9.17) is 0 Å². The van der Waals surface area contributed by atoms with Crippen LogP contribution in [0.25, 0.3) is 0 Å². The molecule has 0 aliphatic carbocycles. The Labute approximate surface area is 163 Å². The summed E-state index contributed by atoms with van der Waals surface area (Å²) in [5.74, 6) is 0. The number of carbonyl (C=O) groups is 1. The molecule has 4 heteroatoms. The second-order valence-corrected chi connectivity index (χ2v) is 8.32. The van der Waals surface area contributed by atoms with E-state index in [2.05, 4.69) is 70.9 Å².